The molecule has 0 aromatic heterocycles. The first kappa shape index (κ1) is 24.5. The zero-order valence-corrected chi connectivity index (χ0v) is 19.9. The molecule has 3 aromatic rings. The fourth-order valence-corrected chi connectivity index (χ4v) is 4.35. The fraction of sp³-hybridized carbons (Fsp3) is 0.286. The third-order valence-corrected chi connectivity index (χ3v) is 6.10. The van der Waals surface area contributed by atoms with Gasteiger partial charge in [0.15, 0.2) is 0 Å². The number of nitrogens with one attached hydrogen (secondary N) is 1. The van der Waals surface area contributed by atoms with Crippen molar-refractivity contribution in [1.82, 2.24) is 5.32 Å². The molecule has 4 nitrogen and oxygen atoms in total. The summed E-state index contributed by atoms with van der Waals surface area (Å²) in [5, 5.41) is 2.93. The predicted molar refractivity (Wildman–Crippen MR) is 131 cm³/mol. The lowest BCUT2D eigenvalue weighted by Gasteiger charge is -2.21. The molecule has 1 amide bonds. The standard InChI is InChI=1S/C28H27F3N2O2/c1-4-6-25(21-8-5-7-17(2)13-21)33-27(34)24-15-20(11-12-26(24)35-28(29,30)31)19-9-10-22-16-32-18(3)23(22)14-19/h5,7-15,25H,4,6,16H2,1-3H3,(H,33,34)/t25-/m0/s1. The number of amides is 1. The lowest BCUT2D eigenvalue weighted by atomic mass is 9.96. The predicted octanol–water partition coefficient (Wildman–Crippen LogP) is 7.15. The van der Waals surface area contributed by atoms with Crippen molar-refractivity contribution in [2.45, 2.75) is 52.6 Å². The summed E-state index contributed by atoms with van der Waals surface area (Å²) >= 11 is 0. The minimum Gasteiger partial charge on any atom is -0.405 e. The van der Waals surface area contributed by atoms with Crippen LogP contribution in [0.25, 0.3) is 11.1 Å². The maximum atomic E-state index is 13.3. The number of hydrogen-bond donors (Lipinski definition) is 1. The number of benzene rings is 3. The number of fused-ring (bicyclic) bond motifs is 1. The van der Waals surface area contributed by atoms with Crippen molar-refractivity contribution in [1.29, 1.82) is 0 Å². The number of rotatable bonds is 7. The molecule has 0 saturated heterocycles. The van der Waals surface area contributed by atoms with E-state index in [1.54, 1.807) is 0 Å². The third-order valence-electron chi connectivity index (χ3n) is 6.10. The molecule has 0 saturated carbocycles. The molecule has 3 aromatic carbocycles. The highest BCUT2D eigenvalue weighted by Crippen LogP contribution is 2.33. The van der Waals surface area contributed by atoms with E-state index in [2.05, 4.69) is 15.0 Å². The summed E-state index contributed by atoms with van der Waals surface area (Å²) in [6.45, 7) is 6.49. The van der Waals surface area contributed by atoms with Crippen LogP contribution in [0.4, 0.5) is 13.2 Å². The summed E-state index contributed by atoms with van der Waals surface area (Å²) < 4.78 is 43.6. The largest absolute Gasteiger partial charge is 0.573 e. The van der Waals surface area contributed by atoms with Crippen LogP contribution >= 0.6 is 0 Å². The Bertz CT molecular complexity index is 1280. The topological polar surface area (TPSA) is 50.7 Å². The Hall–Kier alpha value is -3.61. The fourth-order valence-electron chi connectivity index (χ4n) is 4.35. The number of aryl methyl sites for hydroxylation is 1. The zero-order chi connectivity index (χ0) is 25.2. The van der Waals surface area contributed by atoms with Crippen molar-refractivity contribution in [3.05, 3.63) is 88.5 Å². The SMILES string of the molecule is CCC[C@H](NC(=O)c1cc(-c2ccc3c(c2)C(C)=NC3)ccc1OC(F)(F)F)c1cccc(C)c1. The van der Waals surface area contributed by atoms with Gasteiger partial charge >= 0.3 is 6.36 Å². The van der Waals surface area contributed by atoms with E-state index in [4.69, 9.17) is 0 Å². The van der Waals surface area contributed by atoms with Crippen LogP contribution < -0.4 is 10.1 Å². The number of alkyl halides is 3. The van der Waals surface area contributed by atoms with Crippen molar-refractivity contribution < 1.29 is 22.7 Å². The Balaban J connectivity index is 1.71. The first-order chi connectivity index (χ1) is 16.6. The van der Waals surface area contributed by atoms with Crippen LogP contribution in [0.1, 0.15) is 65.3 Å². The van der Waals surface area contributed by atoms with Gasteiger partial charge in [0.1, 0.15) is 5.75 Å². The van der Waals surface area contributed by atoms with Crippen LogP contribution in [0.2, 0.25) is 0 Å². The number of carbonyl (C=O) groups excluding carboxylic acids is 1. The van der Waals surface area contributed by atoms with Gasteiger partial charge in [0.25, 0.3) is 5.91 Å². The molecule has 7 heteroatoms. The molecule has 0 bridgehead atoms. The van der Waals surface area contributed by atoms with Crippen molar-refractivity contribution in [3.63, 3.8) is 0 Å². The van der Waals surface area contributed by atoms with Gasteiger partial charge in [0, 0.05) is 11.3 Å². The molecule has 0 unspecified atom stereocenters. The van der Waals surface area contributed by atoms with Crippen LogP contribution in [0.15, 0.2) is 65.7 Å². The van der Waals surface area contributed by atoms with Gasteiger partial charge in [-0.2, -0.15) is 0 Å². The van der Waals surface area contributed by atoms with Gasteiger partial charge in [-0.1, -0.05) is 61.4 Å². The highest BCUT2D eigenvalue weighted by Gasteiger charge is 2.33. The van der Waals surface area contributed by atoms with Crippen LogP contribution in [0, 0.1) is 6.92 Å². The maximum Gasteiger partial charge on any atom is 0.573 e. The summed E-state index contributed by atoms with van der Waals surface area (Å²) in [6, 6.07) is 17.4. The van der Waals surface area contributed by atoms with E-state index >= 15 is 0 Å². The second-order valence-electron chi connectivity index (χ2n) is 8.76. The number of halogens is 3. The van der Waals surface area contributed by atoms with Gasteiger partial charge in [-0.25, -0.2) is 0 Å². The quantitative estimate of drug-likeness (QED) is 0.390. The smallest absolute Gasteiger partial charge is 0.405 e. The molecule has 1 heterocycles. The number of ether oxygens (including phenoxy) is 1. The average Bonchev–Trinajstić information content (AvgIpc) is 3.18. The molecule has 1 aliphatic rings. The highest BCUT2D eigenvalue weighted by molar-refractivity contribution is 6.03. The molecule has 1 N–H and O–H groups in total. The van der Waals surface area contributed by atoms with Crippen molar-refractivity contribution in [3.8, 4) is 16.9 Å². The molecule has 0 aliphatic carbocycles. The van der Waals surface area contributed by atoms with Crippen LogP contribution in [-0.4, -0.2) is 18.0 Å². The molecular formula is C28H27F3N2O2. The summed E-state index contributed by atoms with van der Waals surface area (Å²) in [5.74, 6) is -1.15. The van der Waals surface area contributed by atoms with Crippen LogP contribution in [0.5, 0.6) is 5.75 Å². The van der Waals surface area contributed by atoms with Gasteiger partial charge in [0.05, 0.1) is 18.2 Å². The summed E-state index contributed by atoms with van der Waals surface area (Å²) in [4.78, 5) is 17.8. The monoisotopic (exact) mass is 480 g/mol. The van der Waals surface area contributed by atoms with Crippen molar-refractivity contribution in [2.24, 2.45) is 4.99 Å². The second kappa shape index (κ2) is 9.94. The highest BCUT2D eigenvalue weighted by atomic mass is 19.4. The van der Waals surface area contributed by atoms with Gasteiger partial charge in [0.2, 0.25) is 0 Å². The normalized spacial score (nSPS) is 13.7. The summed E-state index contributed by atoms with van der Waals surface area (Å²) in [6.07, 6.45) is -3.48. The molecule has 1 aliphatic heterocycles. The number of hydrogen-bond acceptors (Lipinski definition) is 3. The maximum absolute atomic E-state index is 13.3. The number of nitrogens with zero attached hydrogens (tertiary/aromatic N) is 1. The molecule has 182 valence electrons. The first-order valence-corrected chi connectivity index (χ1v) is 11.6. The van der Waals surface area contributed by atoms with Gasteiger partial charge < -0.3 is 10.1 Å². The molecule has 35 heavy (non-hydrogen) atoms. The van der Waals surface area contributed by atoms with E-state index in [1.165, 1.54) is 18.2 Å². The van der Waals surface area contributed by atoms with Crippen molar-refractivity contribution in [2.75, 3.05) is 0 Å². The van der Waals surface area contributed by atoms with E-state index in [0.29, 0.717) is 18.5 Å². The van der Waals surface area contributed by atoms with Crippen LogP contribution in [-0.2, 0) is 6.54 Å². The Morgan fingerprint density at radius 1 is 1.06 bits per heavy atom. The molecular weight excluding hydrogens is 453 g/mol. The molecule has 0 fully saturated rings. The average molecular weight is 481 g/mol. The van der Waals surface area contributed by atoms with E-state index < -0.39 is 18.0 Å². The summed E-state index contributed by atoms with van der Waals surface area (Å²) in [5.41, 5.74) is 6.20. The Kier molecular flexibility index (Phi) is 6.96. The number of aliphatic imine (C=N–C) groups is 1. The van der Waals surface area contributed by atoms with Gasteiger partial charge in [-0.15, -0.1) is 13.2 Å². The van der Waals surface area contributed by atoms with E-state index in [0.717, 1.165) is 39.9 Å². The van der Waals surface area contributed by atoms with Gasteiger partial charge in [-0.05, 0) is 60.7 Å². The lowest BCUT2D eigenvalue weighted by molar-refractivity contribution is -0.274. The molecule has 0 spiro atoms. The first-order valence-electron chi connectivity index (χ1n) is 11.6. The third kappa shape index (κ3) is 5.73. The Labute approximate surface area is 202 Å². The van der Waals surface area contributed by atoms with Crippen molar-refractivity contribution >= 4 is 11.6 Å². The lowest BCUT2D eigenvalue weighted by Crippen LogP contribution is -2.30. The van der Waals surface area contributed by atoms with Crippen LogP contribution in [0.3, 0.4) is 0 Å². The molecule has 4 rings (SSSR count). The van der Waals surface area contributed by atoms with E-state index in [9.17, 15) is 18.0 Å². The van der Waals surface area contributed by atoms with Gasteiger partial charge in [-0.3, -0.25) is 9.79 Å². The van der Waals surface area contributed by atoms with E-state index in [1.807, 2.05) is 63.2 Å². The minimum absolute atomic E-state index is 0.167. The Morgan fingerprint density at radius 2 is 1.80 bits per heavy atom. The molecule has 0 radical (unpaired) electrons. The zero-order valence-electron chi connectivity index (χ0n) is 19.9. The molecule has 1 atom stereocenters. The summed E-state index contributed by atoms with van der Waals surface area (Å²) in [7, 11) is 0. The number of carbonyl (C=O) groups is 1. The minimum atomic E-state index is -4.92. The Morgan fingerprint density at radius 3 is 2.51 bits per heavy atom. The second-order valence-corrected chi connectivity index (χ2v) is 8.76. The van der Waals surface area contributed by atoms with E-state index in [-0.39, 0.29) is 11.6 Å².